The molecule has 0 radical (unpaired) electrons. The number of nitrogens with zero attached hydrogens (tertiary/aromatic N) is 4. The molecule has 9 heteroatoms. The number of piperazine rings is 1. The highest BCUT2D eigenvalue weighted by atomic mass is 16.2. The quantitative estimate of drug-likeness (QED) is 0.169. The van der Waals surface area contributed by atoms with Crippen LogP contribution in [0.1, 0.15) is 82.6 Å². The van der Waals surface area contributed by atoms with Crippen molar-refractivity contribution in [2.45, 2.75) is 79.7 Å². The summed E-state index contributed by atoms with van der Waals surface area (Å²) < 4.78 is 0. The molecule has 2 aromatic rings. The van der Waals surface area contributed by atoms with Gasteiger partial charge in [-0.05, 0) is 101 Å². The summed E-state index contributed by atoms with van der Waals surface area (Å²) in [4.78, 5) is 51.2. The Morgan fingerprint density at radius 3 is 2.32 bits per heavy atom. The third kappa shape index (κ3) is 8.89. The zero-order chi connectivity index (χ0) is 34.1. The number of allylic oxidation sites excluding steroid dienone is 3. The van der Waals surface area contributed by atoms with Crippen molar-refractivity contribution in [3.05, 3.63) is 64.5 Å². The fraction of sp³-hybridized carbons (Fsp3) is 0.526. The van der Waals surface area contributed by atoms with Crippen LogP contribution in [0.4, 0.5) is 11.5 Å². The summed E-state index contributed by atoms with van der Waals surface area (Å²) in [6.45, 7) is 16.6. The summed E-state index contributed by atoms with van der Waals surface area (Å²) in [7, 11) is 1.82. The van der Waals surface area contributed by atoms with Gasteiger partial charge in [0.05, 0.1) is 0 Å². The zero-order valence-electron chi connectivity index (χ0n) is 29.5. The van der Waals surface area contributed by atoms with E-state index < -0.39 is 0 Å². The van der Waals surface area contributed by atoms with Gasteiger partial charge in [0.15, 0.2) is 0 Å². The monoisotopic (exact) mass is 642 g/mol. The number of carbonyl (C=O) groups excluding carboxylic acids is 3. The van der Waals surface area contributed by atoms with Crippen molar-refractivity contribution < 1.29 is 14.4 Å². The second kappa shape index (κ2) is 16.7. The number of aldehydes is 1. The lowest BCUT2D eigenvalue weighted by Gasteiger charge is -2.37. The molecule has 1 saturated carbocycles. The molecule has 47 heavy (non-hydrogen) atoms. The predicted molar refractivity (Wildman–Crippen MR) is 192 cm³/mol. The smallest absolute Gasteiger partial charge is 0.251 e. The first kappa shape index (κ1) is 35.9. The molecule has 0 spiro atoms. The predicted octanol–water partition coefficient (Wildman–Crippen LogP) is 5.89. The molecular formula is C38H54N6O3. The van der Waals surface area contributed by atoms with Gasteiger partial charge in [0.1, 0.15) is 12.1 Å². The first-order valence-corrected chi connectivity index (χ1v) is 17.3. The van der Waals surface area contributed by atoms with E-state index in [2.05, 4.69) is 46.4 Å². The van der Waals surface area contributed by atoms with E-state index in [9.17, 15) is 14.4 Å². The minimum absolute atomic E-state index is 0.00136. The zero-order valence-corrected chi connectivity index (χ0v) is 29.5. The number of anilines is 2. The van der Waals surface area contributed by atoms with Gasteiger partial charge in [-0.25, -0.2) is 4.98 Å². The minimum Gasteiger partial charge on any atom is -0.392 e. The molecule has 0 bridgehead atoms. The molecule has 2 heterocycles. The molecular weight excluding hydrogens is 588 g/mol. The molecule has 2 fully saturated rings. The van der Waals surface area contributed by atoms with Gasteiger partial charge in [-0.2, -0.15) is 0 Å². The first-order valence-electron chi connectivity index (χ1n) is 17.3. The number of carbonyl (C=O) groups is 3. The number of rotatable bonds is 12. The number of hydrogen-bond acceptors (Lipinski definition) is 7. The van der Waals surface area contributed by atoms with Crippen molar-refractivity contribution in [1.82, 2.24) is 20.5 Å². The summed E-state index contributed by atoms with van der Waals surface area (Å²) in [6, 6.07) is 8.55. The number of hydrogen-bond donors (Lipinski definition) is 2. The Kier molecular flexibility index (Phi) is 12.8. The number of amides is 2. The maximum Gasteiger partial charge on any atom is 0.251 e. The van der Waals surface area contributed by atoms with Gasteiger partial charge >= 0.3 is 0 Å². The topological polar surface area (TPSA) is 97.9 Å². The van der Waals surface area contributed by atoms with Crippen molar-refractivity contribution in [3.8, 4) is 11.1 Å². The van der Waals surface area contributed by atoms with E-state index in [1.54, 1.807) is 0 Å². The normalized spacial score (nSPS) is 16.9. The van der Waals surface area contributed by atoms with Crippen LogP contribution in [0.25, 0.3) is 11.1 Å². The lowest BCUT2D eigenvalue weighted by atomic mass is 9.87. The Morgan fingerprint density at radius 1 is 1.04 bits per heavy atom. The average molecular weight is 643 g/mol. The largest absolute Gasteiger partial charge is 0.392 e. The highest BCUT2D eigenvalue weighted by Gasteiger charge is 2.29. The molecule has 9 nitrogen and oxygen atoms in total. The van der Waals surface area contributed by atoms with Crippen LogP contribution in [-0.4, -0.2) is 80.3 Å². The summed E-state index contributed by atoms with van der Waals surface area (Å²) in [6.07, 6.45) is 9.66. The molecule has 2 aliphatic rings. The lowest BCUT2D eigenvalue weighted by Crippen LogP contribution is -2.49. The Balaban J connectivity index is 1.68. The molecule has 1 aliphatic heterocycles. The molecule has 2 N–H and O–H groups in total. The van der Waals surface area contributed by atoms with Crippen LogP contribution in [0.2, 0.25) is 0 Å². The van der Waals surface area contributed by atoms with Crippen molar-refractivity contribution in [2.75, 3.05) is 56.1 Å². The summed E-state index contributed by atoms with van der Waals surface area (Å²) in [5, 5.41) is 6.03. The van der Waals surface area contributed by atoms with Gasteiger partial charge in [-0.3, -0.25) is 19.3 Å². The first-order chi connectivity index (χ1) is 22.6. The maximum atomic E-state index is 13.9. The molecule has 0 unspecified atom stereocenters. The van der Waals surface area contributed by atoms with E-state index in [-0.39, 0.29) is 24.3 Å². The molecule has 1 aromatic carbocycles. The molecule has 1 saturated heterocycles. The average Bonchev–Trinajstić information content (AvgIpc) is 3.09. The van der Waals surface area contributed by atoms with Crippen LogP contribution in [0.3, 0.4) is 0 Å². The lowest BCUT2D eigenvalue weighted by molar-refractivity contribution is -0.123. The van der Waals surface area contributed by atoms with Gasteiger partial charge in [0, 0.05) is 92.6 Å². The van der Waals surface area contributed by atoms with Gasteiger partial charge in [-0.15, -0.1) is 0 Å². The maximum absolute atomic E-state index is 13.9. The third-order valence-corrected chi connectivity index (χ3v) is 9.82. The standard InChI is InChI=1S/C38H54N6O3/c1-8-44(38(47)30-12-10-9-11-13-30)35-22-32(31-14-15-36(40-23-31)43-18-16-42(17-19-43)26(2)3)21-34(29(35)6)37(46)41-24-33(25-45)27(4)20-28(5)39-7/h14-15,20-23,25-26,30,39H,8-13,16-19,24H2,1-7H3,(H,41,46)/b28-20-,33-27-. The summed E-state index contributed by atoms with van der Waals surface area (Å²) >= 11 is 0. The molecule has 254 valence electrons. The molecule has 1 aromatic heterocycles. The highest BCUT2D eigenvalue weighted by molar-refractivity contribution is 6.02. The Bertz CT molecular complexity index is 1460. The number of nitrogens with one attached hydrogen (secondary N) is 2. The van der Waals surface area contributed by atoms with Crippen molar-refractivity contribution in [3.63, 3.8) is 0 Å². The van der Waals surface area contributed by atoms with E-state index in [0.717, 1.165) is 97.6 Å². The second-order valence-corrected chi connectivity index (χ2v) is 13.2. The van der Waals surface area contributed by atoms with E-state index in [0.29, 0.717) is 23.7 Å². The van der Waals surface area contributed by atoms with E-state index >= 15 is 0 Å². The minimum atomic E-state index is -0.291. The Morgan fingerprint density at radius 2 is 1.74 bits per heavy atom. The van der Waals surface area contributed by atoms with E-state index in [1.807, 2.05) is 64.0 Å². The van der Waals surface area contributed by atoms with Crippen molar-refractivity contribution in [1.29, 1.82) is 0 Å². The fourth-order valence-electron chi connectivity index (χ4n) is 6.64. The number of benzene rings is 1. The Hall–Kier alpha value is -3.98. The summed E-state index contributed by atoms with van der Waals surface area (Å²) in [5.41, 5.74) is 5.86. The SMILES string of the molecule is CCN(C(=O)C1CCCCC1)c1cc(-c2ccc(N3CCN(C(C)C)CC3)nc2)cc(C(=O)NC/C(C=O)=C(C)/C=C(/C)NC)c1C. The van der Waals surface area contributed by atoms with Gasteiger partial charge in [-0.1, -0.05) is 19.3 Å². The fourth-order valence-corrected chi connectivity index (χ4v) is 6.64. The summed E-state index contributed by atoms with van der Waals surface area (Å²) in [5.74, 6) is 0.775. The molecule has 2 amide bonds. The van der Waals surface area contributed by atoms with Crippen LogP contribution in [0.5, 0.6) is 0 Å². The van der Waals surface area contributed by atoms with Crippen LogP contribution in [0.15, 0.2) is 53.4 Å². The van der Waals surface area contributed by atoms with Crippen LogP contribution in [-0.2, 0) is 9.59 Å². The van der Waals surface area contributed by atoms with Gasteiger partial charge in [0.2, 0.25) is 5.91 Å². The molecule has 4 rings (SSSR count). The third-order valence-electron chi connectivity index (χ3n) is 9.82. The second-order valence-electron chi connectivity index (χ2n) is 13.2. The molecule has 0 atom stereocenters. The van der Waals surface area contributed by atoms with Crippen molar-refractivity contribution >= 4 is 29.6 Å². The highest BCUT2D eigenvalue weighted by Crippen LogP contribution is 2.34. The van der Waals surface area contributed by atoms with E-state index in [1.165, 1.54) is 6.42 Å². The van der Waals surface area contributed by atoms with Crippen molar-refractivity contribution in [2.24, 2.45) is 5.92 Å². The number of aromatic nitrogens is 1. The van der Waals surface area contributed by atoms with Crippen LogP contribution >= 0.6 is 0 Å². The van der Waals surface area contributed by atoms with Gasteiger partial charge in [0.25, 0.3) is 5.91 Å². The van der Waals surface area contributed by atoms with Gasteiger partial charge < -0.3 is 20.4 Å². The molecule has 1 aliphatic carbocycles. The van der Waals surface area contributed by atoms with Crippen LogP contribution < -0.4 is 20.4 Å². The van der Waals surface area contributed by atoms with E-state index in [4.69, 9.17) is 4.98 Å². The Labute approximate surface area is 281 Å². The number of pyridine rings is 1. The van der Waals surface area contributed by atoms with Crippen LogP contribution in [0, 0.1) is 12.8 Å².